The molecule has 10 heteroatoms. The topological polar surface area (TPSA) is 102 Å². The highest BCUT2D eigenvalue weighted by Crippen LogP contribution is 2.30. The van der Waals surface area contributed by atoms with Crippen LogP contribution in [0.3, 0.4) is 0 Å². The second-order valence-corrected chi connectivity index (χ2v) is 9.72. The predicted molar refractivity (Wildman–Crippen MR) is 138 cm³/mol. The van der Waals surface area contributed by atoms with Gasteiger partial charge in [-0.1, -0.05) is 43.6 Å². The highest BCUT2D eigenvalue weighted by molar-refractivity contribution is 6.32. The van der Waals surface area contributed by atoms with Crippen molar-refractivity contribution in [3.63, 3.8) is 0 Å². The number of hydrogen-bond acceptors (Lipinski definition) is 6. The van der Waals surface area contributed by atoms with Crippen LogP contribution in [-0.4, -0.2) is 63.5 Å². The lowest BCUT2D eigenvalue weighted by atomic mass is 10.1. The minimum absolute atomic E-state index is 0.122. The maximum absolute atomic E-state index is 13.1. The van der Waals surface area contributed by atoms with Crippen LogP contribution in [0.2, 0.25) is 5.02 Å². The molecule has 4 aromatic rings. The number of ether oxygens (including phenoxy) is 2. The van der Waals surface area contributed by atoms with Gasteiger partial charge in [0.05, 0.1) is 53.4 Å². The molecule has 2 aromatic carbocycles. The molecule has 0 radical (unpaired) electrons. The number of benzene rings is 2. The summed E-state index contributed by atoms with van der Waals surface area (Å²) < 4.78 is 12.4. The van der Waals surface area contributed by atoms with Crippen LogP contribution in [0.5, 0.6) is 5.75 Å². The number of aromatic amines is 1. The molecule has 2 aromatic heterocycles. The van der Waals surface area contributed by atoms with E-state index < -0.39 is 0 Å². The Morgan fingerprint density at radius 3 is 2.69 bits per heavy atom. The van der Waals surface area contributed by atoms with Gasteiger partial charge in [0.2, 0.25) is 5.91 Å². The fourth-order valence-corrected chi connectivity index (χ4v) is 4.48. The predicted octanol–water partition coefficient (Wildman–Crippen LogP) is 3.41. The van der Waals surface area contributed by atoms with E-state index in [1.807, 2.05) is 24.3 Å². The summed E-state index contributed by atoms with van der Waals surface area (Å²) in [5.41, 5.74) is 1.88. The summed E-state index contributed by atoms with van der Waals surface area (Å²) in [5, 5.41) is 6.36. The second-order valence-electron chi connectivity index (χ2n) is 9.31. The molecule has 1 N–H and O–H groups in total. The molecule has 9 nitrogen and oxygen atoms in total. The molecule has 0 atom stereocenters. The molecular weight excluding hydrogens is 482 g/mol. The molecule has 1 saturated heterocycles. The first-order valence-electron chi connectivity index (χ1n) is 12.0. The molecule has 1 fully saturated rings. The van der Waals surface area contributed by atoms with E-state index in [0.29, 0.717) is 72.9 Å². The van der Waals surface area contributed by atoms with E-state index in [2.05, 4.69) is 23.9 Å². The lowest BCUT2D eigenvalue weighted by Gasteiger charge is -2.26. The molecule has 36 heavy (non-hydrogen) atoms. The van der Waals surface area contributed by atoms with E-state index in [9.17, 15) is 9.59 Å². The number of aromatic nitrogens is 4. The van der Waals surface area contributed by atoms with Gasteiger partial charge >= 0.3 is 0 Å². The standard InChI is InChI=1S/C26H28ClN5O4/c1-16(2)15-36-23-12-22-21(11-19(23)27)28-24(29-22)13-20-17-5-3-4-6-18(17)26(34)32(30-20)14-25(33)31-7-9-35-10-8-31/h3-6,11-12,16H,7-10,13-15H2,1-2H3,(H,28,29). The van der Waals surface area contributed by atoms with E-state index in [-0.39, 0.29) is 18.0 Å². The van der Waals surface area contributed by atoms with Crippen molar-refractivity contribution in [1.29, 1.82) is 0 Å². The van der Waals surface area contributed by atoms with Crippen LogP contribution in [0.1, 0.15) is 25.4 Å². The van der Waals surface area contributed by atoms with E-state index >= 15 is 0 Å². The number of amides is 1. The third kappa shape index (κ3) is 5.08. The molecule has 0 aliphatic carbocycles. The van der Waals surface area contributed by atoms with Crippen LogP contribution in [0, 0.1) is 5.92 Å². The summed E-state index contributed by atoms with van der Waals surface area (Å²) in [5.74, 6) is 1.48. The summed E-state index contributed by atoms with van der Waals surface area (Å²) in [6, 6.07) is 10.9. The molecular formula is C26H28ClN5O4. The van der Waals surface area contributed by atoms with E-state index in [1.54, 1.807) is 17.0 Å². The van der Waals surface area contributed by atoms with Crippen molar-refractivity contribution in [1.82, 2.24) is 24.6 Å². The lowest BCUT2D eigenvalue weighted by Crippen LogP contribution is -2.43. The first-order chi connectivity index (χ1) is 17.4. The van der Waals surface area contributed by atoms with E-state index in [0.717, 1.165) is 16.4 Å². The number of nitrogens with zero attached hydrogens (tertiary/aromatic N) is 4. The molecule has 5 rings (SSSR count). The third-order valence-electron chi connectivity index (χ3n) is 6.08. The van der Waals surface area contributed by atoms with Crippen molar-refractivity contribution >= 4 is 39.3 Å². The number of hydrogen-bond donors (Lipinski definition) is 1. The SMILES string of the molecule is CC(C)COc1cc2nc(Cc3nn(CC(=O)N4CCOCC4)c(=O)c4ccccc34)[nH]c2cc1Cl. The Balaban J connectivity index is 1.47. The summed E-state index contributed by atoms with van der Waals surface area (Å²) >= 11 is 6.42. The zero-order valence-electron chi connectivity index (χ0n) is 20.3. The van der Waals surface area contributed by atoms with Gasteiger partial charge in [-0.3, -0.25) is 9.59 Å². The summed E-state index contributed by atoms with van der Waals surface area (Å²) in [7, 11) is 0. The highest BCUT2D eigenvalue weighted by Gasteiger charge is 2.20. The Morgan fingerprint density at radius 2 is 1.94 bits per heavy atom. The average Bonchev–Trinajstić information content (AvgIpc) is 3.26. The first kappa shape index (κ1) is 24.3. The van der Waals surface area contributed by atoms with Crippen LogP contribution in [-0.2, 0) is 22.5 Å². The van der Waals surface area contributed by atoms with Crippen molar-refractivity contribution in [3.8, 4) is 5.75 Å². The third-order valence-corrected chi connectivity index (χ3v) is 6.38. The molecule has 1 aliphatic heterocycles. The van der Waals surface area contributed by atoms with Gasteiger partial charge in [-0.05, 0) is 18.1 Å². The van der Waals surface area contributed by atoms with Crippen molar-refractivity contribution in [2.45, 2.75) is 26.8 Å². The van der Waals surface area contributed by atoms with Gasteiger partial charge in [0.25, 0.3) is 5.56 Å². The average molecular weight is 510 g/mol. The number of carbonyl (C=O) groups is 1. The van der Waals surface area contributed by atoms with Crippen LogP contribution in [0.4, 0.5) is 0 Å². The number of halogens is 1. The van der Waals surface area contributed by atoms with Gasteiger partial charge in [-0.25, -0.2) is 9.67 Å². The number of H-pyrrole nitrogens is 1. The Labute approximate surface area is 213 Å². The molecule has 1 aliphatic rings. The van der Waals surface area contributed by atoms with Gasteiger partial charge in [0, 0.05) is 24.5 Å². The maximum atomic E-state index is 13.1. The van der Waals surface area contributed by atoms with Gasteiger partial charge < -0.3 is 19.4 Å². The molecule has 3 heterocycles. The summed E-state index contributed by atoms with van der Waals surface area (Å²) in [6.45, 7) is 6.60. The summed E-state index contributed by atoms with van der Waals surface area (Å²) in [4.78, 5) is 35.7. The Hall–Kier alpha value is -3.43. The van der Waals surface area contributed by atoms with Crippen molar-refractivity contribution in [2.24, 2.45) is 5.92 Å². The van der Waals surface area contributed by atoms with Crippen molar-refractivity contribution in [3.05, 3.63) is 63.3 Å². The fourth-order valence-electron chi connectivity index (χ4n) is 4.26. The minimum Gasteiger partial charge on any atom is -0.492 e. The number of rotatable bonds is 7. The molecule has 1 amide bonds. The smallest absolute Gasteiger partial charge is 0.275 e. The van der Waals surface area contributed by atoms with E-state index in [4.69, 9.17) is 26.1 Å². The quantitative estimate of drug-likeness (QED) is 0.409. The highest BCUT2D eigenvalue weighted by atomic mass is 35.5. The van der Waals surface area contributed by atoms with Crippen molar-refractivity contribution < 1.29 is 14.3 Å². The van der Waals surface area contributed by atoms with E-state index in [1.165, 1.54) is 4.68 Å². The fraction of sp³-hybridized carbons (Fsp3) is 0.385. The summed E-state index contributed by atoms with van der Waals surface area (Å²) in [6.07, 6.45) is 0.348. The van der Waals surface area contributed by atoms with Crippen LogP contribution < -0.4 is 10.3 Å². The molecule has 0 bridgehead atoms. The largest absolute Gasteiger partial charge is 0.492 e. The Bertz CT molecular complexity index is 1470. The normalized spacial score (nSPS) is 14.2. The number of fused-ring (bicyclic) bond motifs is 2. The van der Waals surface area contributed by atoms with Gasteiger partial charge in [-0.2, -0.15) is 5.10 Å². The zero-order chi connectivity index (χ0) is 25.2. The zero-order valence-corrected chi connectivity index (χ0v) is 21.0. The van der Waals surface area contributed by atoms with Crippen LogP contribution >= 0.6 is 11.6 Å². The van der Waals surface area contributed by atoms with Crippen LogP contribution in [0.15, 0.2) is 41.2 Å². The number of imidazole rings is 1. The second kappa shape index (κ2) is 10.3. The Kier molecular flexibility index (Phi) is 6.93. The number of carbonyl (C=O) groups excluding carboxylic acids is 1. The van der Waals surface area contributed by atoms with Gasteiger partial charge in [0.1, 0.15) is 18.1 Å². The maximum Gasteiger partial charge on any atom is 0.275 e. The molecule has 188 valence electrons. The molecule has 0 unspecified atom stereocenters. The molecule has 0 spiro atoms. The number of nitrogens with one attached hydrogen (secondary N) is 1. The van der Waals surface area contributed by atoms with Crippen molar-refractivity contribution in [2.75, 3.05) is 32.9 Å². The Morgan fingerprint density at radius 1 is 1.19 bits per heavy atom. The minimum atomic E-state index is -0.292. The lowest BCUT2D eigenvalue weighted by molar-refractivity contribution is -0.136. The van der Waals surface area contributed by atoms with Crippen LogP contribution in [0.25, 0.3) is 21.8 Å². The van der Waals surface area contributed by atoms with Gasteiger partial charge in [-0.15, -0.1) is 0 Å². The molecule has 0 saturated carbocycles. The monoisotopic (exact) mass is 509 g/mol. The first-order valence-corrected chi connectivity index (χ1v) is 12.4. The number of morpholine rings is 1. The van der Waals surface area contributed by atoms with Gasteiger partial charge in [0.15, 0.2) is 0 Å².